The summed E-state index contributed by atoms with van der Waals surface area (Å²) in [5, 5.41) is -0.719. The van der Waals surface area contributed by atoms with Gasteiger partial charge in [-0.25, -0.2) is 8.42 Å². The van der Waals surface area contributed by atoms with Crippen LogP contribution in [0.4, 0.5) is 0 Å². The van der Waals surface area contributed by atoms with E-state index in [2.05, 4.69) is 0 Å². The van der Waals surface area contributed by atoms with Crippen LogP contribution < -0.4 is 4.72 Å². The van der Waals surface area contributed by atoms with Gasteiger partial charge in [0.1, 0.15) is 5.25 Å². The van der Waals surface area contributed by atoms with E-state index in [1.54, 1.807) is 0 Å². The molecule has 4 heterocycles. The van der Waals surface area contributed by atoms with Gasteiger partial charge < -0.3 is 9.47 Å². The predicted octanol–water partition coefficient (Wildman–Crippen LogP) is -1.62. The van der Waals surface area contributed by atoms with Crippen LogP contribution in [0.15, 0.2) is 0 Å². The third-order valence-corrected chi connectivity index (χ3v) is 6.90. The number of carbonyl (C=O) groups excluding carboxylic acids is 3. The minimum absolute atomic E-state index is 0.0673. The number of hydrogen-bond acceptors (Lipinski definition) is 7. The van der Waals surface area contributed by atoms with Crippen molar-refractivity contribution in [1.29, 1.82) is 0 Å². The summed E-state index contributed by atoms with van der Waals surface area (Å²) >= 11 is 0. The van der Waals surface area contributed by atoms with Gasteiger partial charge in [-0.3, -0.25) is 24.0 Å². The normalized spacial score (nSPS) is 35.2. The Balaban J connectivity index is 1.35. The Morgan fingerprint density at radius 3 is 2.21 bits per heavy atom. The van der Waals surface area contributed by atoms with Gasteiger partial charge in [-0.15, -0.1) is 0 Å². The van der Waals surface area contributed by atoms with Crippen LogP contribution in [0.25, 0.3) is 0 Å². The summed E-state index contributed by atoms with van der Waals surface area (Å²) in [6.07, 6.45) is 0.922. The fourth-order valence-corrected chi connectivity index (χ4v) is 5.03. The lowest BCUT2D eigenvalue weighted by atomic mass is 9.81. The zero-order chi connectivity index (χ0) is 17.1. The van der Waals surface area contributed by atoms with Gasteiger partial charge in [-0.1, -0.05) is 0 Å². The monoisotopic (exact) mass is 358 g/mol. The lowest BCUT2D eigenvalue weighted by Gasteiger charge is -2.25. The average Bonchev–Trinajstić information content (AvgIpc) is 3.09. The summed E-state index contributed by atoms with van der Waals surface area (Å²) in [5.74, 6) is -2.20. The van der Waals surface area contributed by atoms with E-state index < -0.39 is 33.0 Å². The smallest absolute Gasteiger partial charge is 0.242 e. The van der Waals surface area contributed by atoms with Gasteiger partial charge in [-0.05, 0) is 12.8 Å². The third-order valence-electron chi connectivity index (χ3n) is 5.24. The van der Waals surface area contributed by atoms with Crippen molar-refractivity contribution in [2.75, 3.05) is 19.8 Å². The Hall–Kier alpha value is -1.52. The van der Waals surface area contributed by atoms with E-state index in [-0.39, 0.29) is 50.2 Å². The van der Waals surface area contributed by atoms with Crippen LogP contribution in [0.5, 0.6) is 0 Å². The first kappa shape index (κ1) is 16.0. The van der Waals surface area contributed by atoms with Crippen LogP contribution >= 0.6 is 0 Å². The first-order chi connectivity index (χ1) is 11.4. The highest BCUT2D eigenvalue weighted by Crippen LogP contribution is 2.48. The first-order valence-electron chi connectivity index (χ1n) is 8.01. The van der Waals surface area contributed by atoms with Crippen LogP contribution in [-0.2, 0) is 33.9 Å². The molecule has 4 rings (SSSR count). The van der Waals surface area contributed by atoms with Gasteiger partial charge in [0.05, 0.1) is 37.3 Å². The molecule has 0 aliphatic carbocycles. The average molecular weight is 358 g/mol. The van der Waals surface area contributed by atoms with Crippen LogP contribution in [0.1, 0.15) is 19.3 Å². The number of amides is 3. The largest absolute Gasteiger partial charge is 0.378 e. The molecule has 1 N–H and O–H groups in total. The van der Waals surface area contributed by atoms with Gasteiger partial charge in [0.25, 0.3) is 0 Å². The molecular formula is C14H18N2O7S. The molecule has 10 heteroatoms. The molecule has 0 aromatic rings. The maximum Gasteiger partial charge on any atom is 0.242 e. The number of nitrogens with zero attached hydrogens (tertiary/aromatic N) is 1. The van der Waals surface area contributed by atoms with Crippen molar-refractivity contribution in [2.24, 2.45) is 11.8 Å². The van der Waals surface area contributed by atoms with Gasteiger partial charge >= 0.3 is 0 Å². The van der Waals surface area contributed by atoms with E-state index in [4.69, 9.17) is 9.47 Å². The highest BCUT2D eigenvalue weighted by Gasteiger charge is 2.62. The lowest BCUT2D eigenvalue weighted by molar-refractivity contribution is -0.142. The maximum absolute atomic E-state index is 12.4. The number of imide groups is 1. The second-order valence-electron chi connectivity index (χ2n) is 6.65. The number of carbonyl (C=O) groups is 3. The molecule has 2 bridgehead atoms. The van der Waals surface area contributed by atoms with Crippen LogP contribution in [-0.4, -0.2) is 68.3 Å². The Labute approximate surface area is 138 Å². The van der Waals surface area contributed by atoms with E-state index in [1.165, 1.54) is 0 Å². The van der Waals surface area contributed by atoms with Crippen molar-refractivity contribution in [3.05, 3.63) is 0 Å². The molecule has 9 nitrogen and oxygen atoms in total. The molecule has 4 unspecified atom stereocenters. The Morgan fingerprint density at radius 1 is 1.12 bits per heavy atom. The van der Waals surface area contributed by atoms with Crippen LogP contribution in [0, 0.1) is 11.8 Å². The SMILES string of the molecule is O=C(CCN1C(=O)C2C3CCC(O3)C2C1=O)NS(=O)(=O)C1COC1. The summed E-state index contributed by atoms with van der Waals surface area (Å²) in [6.45, 7) is 0.0301. The molecule has 4 aliphatic heterocycles. The summed E-state index contributed by atoms with van der Waals surface area (Å²) in [6, 6.07) is 0. The minimum atomic E-state index is -3.75. The number of ether oxygens (including phenoxy) is 2. The van der Waals surface area contributed by atoms with E-state index in [0.717, 1.165) is 17.7 Å². The second-order valence-corrected chi connectivity index (χ2v) is 8.61. The zero-order valence-corrected chi connectivity index (χ0v) is 13.7. The van der Waals surface area contributed by atoms with Gasteiger partial charge in [-0.2, -0.15) is 0 Å². The summed E-state index contributed by atoms with van der Waals surface area (Å²) in [7, 11) is -3.75. The van der Waals surface area contributed by atoms with Crippen molar-refractivity contribution in [2.45, 2.75) is 36.7 Å². The number of rotatable bonds is 5. The minimum Gasteiger partial charge on any atom is -0.378 e. The molecule has 4 aliphatic rings. The quantitative estimate of drug-likeness (QED) is 0.587. The molecular weight excluding hydrogens is 340 g/mol. The molecule has 0 radical (unpaired) electrons. The molecule has 132 valence electrons. The summed E-state index contributed by atoms with van der Waals surface area (Å²) < 4.78 is 36.1. The van der Waals surface area contributed by atoms with Crippen molar-refractivity contribution >= 4 is 27.7 Å². The lowest BCUT2D eigenvalue weighted by Crippen LogP contribution is -2.49. The van der Waals surface area contributed by atoms with E-state index in [1.807, 2.05) is 4.72 Å². The number of likely N-dealkylation sites (tertiary alicyclic amines) is 1. The zero-order valence-electron chi connectivity index (χ0n) is 12.8. The molecule has 0 aromatic carbocycles. The van der Waals surface area contributed by atoms with E-state index in [0.29, 0.717) is 0 Å². The van der Waals surface area contributed by atoms with Gasteiger partial charge in [0.15, 0.2) is 0 Å². The van der Waals surface area contributed by atoms with Crippen LogP contribution in [0.3, 0.4) is 0 Å². The molecule has 0 spiro atoms. The van der Waals surface area contributed by atoms with Gasteiger partial charge in [0.2, 0.25) is 27.7 Å². The molecule has 0 aromatic heterocycles. The molecule has 4 fully saturated rings. The van der Waals surface area contributed by atoms with Crippen molar-refractivity contribution in [3.63, 3.8) is 0 Å². The highest BCUT2D eigenvalue weighted by molar-refractivity contribution is 7.90. The topological polar surface area (TPSA) is 119 Å². The van der Waals surface area contributed by atoms with E-state index >= 15 is 0 Å². The van der Waals surface area contributed by atoms with Gasteiger partial charge in [0, 0.05) is 13.0 Å². The number of fused-ring (bicyclic) bond motifs is 5. The molecule has 0 saturated carbocycles. The van der Waals surface area contributed by atoms with Crippen molar-refractivity contribution < 1.29 is 32.3 Å². The third kappa shape index (κ3) is 2.35. The summed E-state index contributed by atoms with van der Waals surface area (Å²) in [4.78, 5) is 37.8. The Morgan fingerprint density at radius 2 is 1.71 bits per heavy atom. The maximum atomic E-state index is 12.4. The second kappa shape index (κ2) is 5.50. The Bertz CT molecular complexity index is 674. The molecule has 4 atom stereocenters. The molecule has 24 heavy (non-hydrogen) atoms. The standard InChI is InChI=1S/C14H18N2O7S/c17-10(15-24(20,21)7-5-22-6-7)3-4-16-13(18)11-8-1-2-9(23-8)12(11)14(16)19/h7-9,11-12H,1-6H2,(H,15,17). The van der Waals surface area contributed by atoms with Crippen molar-refractivity contribution in [1.82, 2.24) is 9.62 Å². The number of sulfonamides is 1. The highest BCUT2D eigenvalue weighted by atomic mass is 32.2. The van der Waals surface area contributed by atoms with Crippen molar-refractivity contribution in [3.8, 4) is 0 Å². The predicted molar refractivity (Wildman–Crippen MR) is 77.9 cm³/mol. The number of hydrogen-bond donors (Lipinski definition) is 1. The summed E-state index contributed by atoms with van der Waals surface area (Å²) in [5.41, 5.74) is 0. The molecule has 4 saturated heterocycles. The van der Waals surface area contributed by atoms with Crippen LogP contribution in [0.2, 0.25) is 0 Å². The molecule has 3 amide bonds. The first-order valence-corrected chi connectivity index (χ1v) is 9.56. The van der Waals surface area contributed by atoms with E-state index in [9.17, 15) is 22.8 Å². The Kier molecular flexibility index (Phi) is 3.66. The fraction of sp³-hybridized carbons (Fsp3) is 0.786. The number of nitrogens with one attached hydrogen (secondary N) is 1. The fourth-order valence-electron chi connectivity index (χ4n) is 3.89.